The van der Waals surface area contributed by atoms with Crippen LogP contribution in [0.3, 0.4) is 0 Å². The SMILES string of the molecule is CC(=O)c1ccc(NC(=O)N(C)c2ccccc2C)cc1. The fourth-order valence-electron chi connectivity index (χ4n) is 2.04. The second-order valence-electron chi connectivity index (χ2n) is 4.91. The number of nitrogens with one attached hydrogen (secondary N) is 1. The molecule has 0 aliphatic heterocycles. The number of carbonyl (C=O) groups excluding carboxylic acids is 2. The highest BCUT2D eigenvalue weighted by Crippen LogP contribution is 2.19. The van der Waals surface area contributed by atoms with E-state index in [0.29, 0.717) is 11.3 Å². The summed E-state index contributed by atoms with van der Waals surface area (Å²) in [6.45, 7) is 3.47. The Bertz CT molecular complexity index is 663. The van der Waals surface area contributed by atoms with Gasteiger partial charge >= 0.3 is 6.03 Å². The van der Waals surface area contributed by atoms with E-state index in [2.05, 4.69) is 5.32 Å². The fraction of sp³-hybridized carbons (Fsp3) is 0.176. The Hall–Kier alpha value is -2.62. The van der Waals surface area contributed by atoms with Crippen LogP contribution < -0.4 is 10.2 Å². The van der Waals surface area contributed by atoms with Crippen LogP contribution in [0, 0.1) is 6.92 Å². The molecule has 4 nitrogen and oxygen atoms in total. The number of aryl methyl sites for hydroxylation is 1. The number of Topliss-reactive ketones (excluding diaryl/α,β-unsaturated/α-hetero) is 1. The van der Waals surface area contributed by atoms with Gasteiger partial charge in [-0.25, -0.2) is 4.79 Å². The first-order valence-corrected chi connectivity index (χ1v) is 6.70. The molecule has 0 saturated heterocycles. The third-order valence-electron chi connectivity index (χ3n) is 3.32. The number of carbonyl (C=O) groups is 2. The number of ketones is 1. The third kappa shape index (κ3) is 3.48. The zero-order valence-corrected chi connectivity index (χ0v) is 12.4. The van der Waals surface area contributed by atoms with Crippen LogP contribution in [0.15, 0.2) is 48.5 Å². The van der Waals surface area contributed by atoms with Gasteiger partial charge in [0.2, 0.25) is 0 Å². The average Bonchev–Trinajstić information content (AvgIpc) is 2.47. The minimum atomic E-state index is -0.222. The molecule has 2 rings (SSSR count). The quantitative estimate of drug-likeness (QED) is 0.869. The van der Waals surface area contributed by atoms with Crippen LogP contribution in [0.25, 0.3) is 0 Å². The molecule has 108 valence electrons. The maximum Gasteiger partial charge on any atom is 0.326 e. The number of hydrogen-bond donors (Lipinski definition) is 1. The molecule has 4 heteroatoms. The molecule has 0 fully saturated rings. The van der Waals surface area contributed by atoms with Gasteiger partial charge in [-0.2, -0.15) is 0 Å². The van der Waals surface area contributed by atoms with E-state index in [0.717, 1.165) is 11.3 Å². The molecule has 0 atom stereocenters. The summed E-state index contributed by atoms with van der Waals surface area (Å²) >= 11 is 0. The molecule has 0 spiro atoms. The summed E-state index contributed by atoms with van der Waals surface area (Å²) < 4.78 is 0. The summed E-state index contributed by atoms with van der Waals surface area (Å²) in [4.78, 5) is 25.0. The normalized spacial score (nSPS) is 10.0. The van der Waals surface area contributed by atoms with Crippen molar-refractivity contribution in [3.8, 4) is 0 Å². The van der Waals surface area contributed by atoms with Crippen molar-refractivity contribution in [1.82, 2.24) is 0 Å². The number of nitrogens with zero attached hydrogens (tertiary/aromatic N) is 1. The Labute approximate surface area is 124 Å². The highest BCUT2D eigenvalue weighted by Gasteiger charge is 2.12. The smallest absolute Gasteiger partial charge is 0.308 e. The van der Waals surface area contributed by atoms with Gasteiger partial charge in [-0.1, -0.05) is 18.2 Å². The Morgan fingerprint density at radius 1 is 1.00 bits per heavy atom. The molecule has 0 aliphatic carbocycles. The summed E-state index contributed by atoms with van der Waals surface area (Å²) in [6, 6.07) is 14.3. The van der Waals surface area contributed by atoms with Gasteiger partial charge in [0.15, 0.2) is 5.78 Å². The summed E-state index contributed by atoms with van der Waals surface area (Å²) in [7, 11) is 1.72. The molecular formula is C17H18N2O2. The summed E-state index contributed by atoms with van der Waals surface area (Å²) in [5.74, 6) is 0.00454. The van der Waals surface area contributed by atoms with Crippen molar-refractivity contribution >= 4 is 23.2 Å². The topological polar surface area (TPSA) is 49.4 Å². The monoisotopic (exact) mass is 282 g/mol. The predicted octanol–water partition coefficient (Wildman–Crippen LogP) is 3.87. The van der Waals surface area contributed by atoms with E-state index in [4.69, 9.17) is 0 Å². The second-order valence-corrected chi connectivity index (χ2v) is 4.91. The molecule has 0 saturated carbocycles. The van der Waals surface area contributed by atoms with Gasteiger partial charge in [0.05, 0.1) is 0 Å². The molecule has 0 aliphatic rings. The van der Waals surface area contributed by atoms with E-state index in [1.807, 2.05) is 31.2 Å². The first-order valence-electron chi connectivity index (χ1n) is 6.70. The van der Waals surface area contributed by atoms with E-state index < -0.39 is 0 Å². The molecule has 0 bridgehead atoms. The van der Waals surface area contributed by atoms with Crippen molar-refractivity contribution < 1.29 is 9.59 Å². The van der Waals surface area contributed by atoms with Gasteiger partial charge in [-0.3, -0.25) is 9.69 Å². The zero-order valence-electron chi connectivity index (χ0n) is 12.4. The van der Waals surface area contributed by atoms with Crippen LogP contribution in [0.2, 0.25) is 0 Å². The molecule has 0 aromatic heterocycles. The summed E-state index contributed by atoms with van der Waals surface area (Å²) in [5, 5.41) is 2.81. The lowest BCUT2D eigenvalue weighted by Crippen LogP contribution is -2.31. The largest absolute Gasteiger partial charge is 0.326 e. The van der Waals surface area contributed by atoms with Gasteiger partial charge < -0.3 is 5.32 Å². The Balaban J connectivity index is 2.11. The van der Waals surface area contributed by atoms with Crippen LogP contribution in [0.4, 0.5) is 16.2 Å². The lowest BCUT2D eigenvalue weighted by Gasteiger charge is -2.20. The van der Waals surface area contributed by atoms with Gasteiger partial charge in [-0.15, -0.1) is 0 Å². The average molecular weight is 282 g/mol. The first-order chi connectivity index (χ1) is 9.99. The highest BCUT2D eigenvalue weighted by atomic mass is 16.2. The van der Waals surface area contributed by atoms with E-state index in [1.54, 1.807) is 36.2 Å². The van der Waals surface area contributed by atoms with Crippen molar-refractivity contribution in [1.29, 1.82) is 0 Å². The molecular weight excluding hydrogens is 264 g/mol. The molecule has 2 aromatic carbocycles. The number of hydrogen-bond acceptors (Lipinski definition) is 2. The number of amides is 2. The zero-order chi connectivity index (χ0) is 15.4. The molecule has 0 radical (unpaired) electrons. The minimum Gasteiger partial charge on any atom is -0.308 e. The predicted molar refractivity (Wildman–Crippen MR) is 85.0 cm³/mol. The number of urea groups is 1. The maximum absolute atomic E-state index is 12.2. The number of benzene rings is 2. The Morgan fingerprint density at radius 2 is 1.62 bits per heavy atom. The van der Waals surface area contributed by atoms with Crippen LogP contribution >= 0.6 is 0 Å². The number of anilines is 2. The minimum absolute atomic E-state index is 0.00454. The van der Waals surface area contributed by atoms with E-state index in [-0.39, 0.29) is 11.8 Å². The van der Waals surface area contributed by atoms with Crippen molar-refractivity contribution in [2.24, 2.45) is 0 Å². The highest BCUT2D eigenvalue weighted by molar-refractivity contribution is 6.02. The van der Waals surface area contributed by atoms with Gasteiger partial charge in [0, 0.05) is 24.0 Å². The standard InChI is InChI=1S/C17H18N2O2/c1-12-6-4-5-7-16(12)19(3)17(21)18-15-10-8-14(9-11-15)13(2)20/h4-11H,1-3H3,(H,18,21). The lowest BCUT2D eigenvalue weighted by atomic mass is 10.1. The molecule has 0 heterocycles. The molecule has 2 amide bonds. The lowest BCUT2D eigenvalue weighted by molar-refractivity contribution is 0.101. The van der Waals surface area contributed by atoms with Gasteiger partial charge in [0.1, 0.15) is 0 Å². The van der Waals surface area contributed by atoms with E-state index in [9.17, 15) is 9.59 Å². The Morgan fingerprint density at radius 3 is 2.19 bits per heavy atom. The van der Waals surface area contributed by atoms with Crippen LogP contribution in [-0.2, 0) is 0 Å². The molecule has 2 aromatic rings. The van der Waals surface area contributed by atoms with Crippen LogP contribution in [0.1, 0.15) is 22.8 Å². The fourth-order valence-corrected chi connectivity index (χ4v) is 2.04. The van der Waals surface area contributed by atoms with Gasteiger partial charge in [-0.05, 0) is 49.7 Å². The first kappa shape index (κ1) is 14.8. The van der Waals surface area contributed by atoms with Gasteiger partial charge in [0.25, 0.3) is 0 Å². The molecule has 1 N–H and O–H groups in total. The second kappa shape index (κ2) is 6.22. The number of para-hydroxylation sites is 1. The van der Waals surface area contributed by atoms with E-state index >= 15 is 0 Å². The number of rotatable bonds is 3. The molecule has 0 unspecified atom stereocenters. The van der Waals surface area contributed by atoms with Crippen molar-refractivity contribution in [3.05, 3.63) is 59.7 Å². The Kier molecular flexibility index (Phi) is 4.38. The van der Waals surface area contributed by atoms with E-state index in [1.165, 1.54) is 6.92 Å². The molecule has 21 heavy (non-hydrogen) atoms. The van der Waals surface area contributed by atoms with Crippen LogP contribution in [-0.4, -0.2) is 18.9 Å². The maximum atomic E-state index is 12.2. The summed E-state index contributed by atoms with van der Waals surface area (Å²) in [6.07, 6.45) is 0. The van der Waals surface area contributed by atoms with Crippen LogP contribution in [0.5, 0.6) is 0 Å². The summed E-state index contributed by atoms with van der Waals surface area (Å²) in [5.41, 5.74) is 3.17. The van der Waals surface area contributed by atoms with Crippen molar-refractivity contribution in [2.45, 2.75) is 13.8 Å². The third-order valence-corrected chi connectivity index (χ3v) is 3.32. The van der Waals surface area contributed by atoms with Crippen molar-refractivity contribution in [2.75, 3.05) is 17.3 Å². The van der Waals surface area contributed by atoms with Crippen molar-refractivity contribution in [3.63, 3.8) is 0 Å².